The van der Waals surface area contributed by atoms with Gasteiger partial charge in [0.15, 0.2) is 5.13 Å². The van der Waals surface area contributed by atoms with Gasteiger partial charge < -0.3 is 9.64 Å². The molecule has 0 bridgehead atoms. The highest BCUT2D eigenvalue weighted by Crippen LogP contribution is 2.38. The Balaban J connectivity index is 2.00. The Kier molecular flexibility index (Phi) is 12.6. The van der Waals surface area contributed by atoms with Crippen molar-refractivity contribution in [1.82, 2.24) is 4.98 Å². The van der Waals surface area contributed by atoms with E-state index in [2.05, 4.69) is 58.5 Å². The molecule has 1 amide bonds. The van der Waals surface area contributed by atoms with E-state index in [9.17, 15) is 4.79 Å². The van der Waals surface area contributed by atoms with Crippen molar-refractivity contribution in [2.45, 2.75) is 112 Å². The highest BCUT2D eigenvalue weighted by Gasteiger charge is 2.32. The maximum absolute atomic E-state index is 13.6. The van der Waals surface area contributed by atoms with Crippen LogP contribution in [0.3, 0.4) is 0 Å². The van der Waals surface area contributed by atoms with E-state index in [4.69, 9.17) is 9.72 Å². The maximum Gasteiger partial charge on any atom is 0.280 e. The number of anilines is 2. The molecule has 2 atom stereocenters. The Morgan fingerprint density at radius 1 is 0.976 bits per heavy atom. The van der Waals surface area contributed by atoms with Gasteiger partial charge in [-0.05, 0) is 61.9 Å². The summed E-state index contributed by atoms with van der Waals surface area (Å²) in [5, 5.41) is 7.21. The number of hydrogen-bond donors (Lipinski definition) is 0. The van der Waals surface area contributed by atoms with Crippen molar-refractivity contribution in [3.05, 3.63) is 40.4 Å². The maximum atomic E-state index is 13.6. The minimum atomic E-state index is -0.159. The van der Waals surface area contributed by atoms with Gasteiger partial charge in [0.2, 0.25) is 0 Å². The molecule has 0 spiro atoms. The van der Waals surface area contributed by atoms with Crippen LogP contribution in [0.2, 0.25) is 0 Å². The number of hydrazone groups is 1. The topological polar surface area (TPSA) is 58.0 Å². The Hall–Kier alpha value is -2.67. The molecule has 42 heavy (non-hydrogen) atoms. The molecule has 0 saturated carbocycles. The first-order chi connectivity index (χ1) is 20.1. The second-order valence-electron chi connectivity index (χ2n) is 12.8. The van der Waals surface area contributed by atoms with Gasteiger partial charge in [0, 0.05) is 18.5 Å². The number of carbonyl (C=O) groups is 1. The number of rotatable bonds is 16. The van der Waals surface area contributed by atoms with Crippen molar-refractivity contribution in [2.75, 3.05) is 30.1 Å². The molecule has 1 aliphatic rings. The lowest BCUT2D eigenvalue weighted by molar-refractivity contribution is -0.114. The van der Waals surface area contributed by atoms with Crippen molar-refractivity contribution in [1.29, 1.82) is 0 Å². The average molecular weight is 595 g/mol. The Morgan fingerprint density at radius 2 is 1.55 bits per heavy atom. The summed E-state index contributed by atoms with van der Waals surface area (Å²) in [6.45, 7) is 19.8. The summed E-state index contributed by atoms with van der Waals surface area (Å²) in [5.74, 6) is 1.95. The summed E-state index contributed by atoms with van der Waals surface area (Å²) in [6, 6.07) is 7.44. The fourth-order valence-corrected chi connectivity index (χ4v) is 6.73. The van der Waals surface area contributed by atoms with E-state index in [1.165, 1.54) is 56.4 Å². The van der Waals surface area contributed by atoms with E-state index in [1.807, 2.05) is 37.3 Å². The zero-order chi connectivity index (χ0) is 30.9. The fraction of sp³-hybridized carbons (Fsp3) is 0.629. The average Bonchev–Trinajstić information content (AvgIpc) is 3.53. The third-order valence-electron chi connectivity index (χ3n) is 8.32. The number of methoxy groups -OCH3 is 1. The third-order valence-corrected chi connectivity index (χ3v) is 9.38. The molecule has 232 valence electrons. The van der Waals surface area contributed by atoms with Gasteiger partial charge in [-0.3, -0.25) is 4.79 Å². The molecule has 1 aromatic heterocycles. The minimum absolute atomic E-state index is 0.111. The standard InChI is InChI=1S/C35H54N4O2S/c1-10-14-16-26(12-3)23-38(24-27(13-4)17-15-11-2)34-36-32(35(6,7)8)31(42-34)22-30-25(5)37-39(33(30)40)28-18-20-29(41-9)21-19-28/h18-22,26-27H,10-17,23-24H2,1-9H3/b30-22-. The molecule has 2 heterocycles. The zero-order valence-electron chi connectivity index (χ0n) is 27.6. The van der Waals surface area contributed by atoms with Gasteiger partial charge in [0.25, 0.3) is 5.91 Å². The molecule has 7 heteroatoms. The summed E-state index contributed by atoms with van der Waals surface area (Å²) in [5.41, 5.74) is 2.96. The first-order valence-electron chi connectivity index (χ1n) is 16.1. The molecule has 2 unspecified atom stereocenters. The number of benzene rings is 1. The summed E-state index contributed by atoms with van der Waals surface area (Å²) in [4.78, 5) is 22.6. The number of hydrogen-bond acceptors (Lipinski definition) is 6. The van der Waals surface area contributed by atoms with Crippen LogP contribution in [0.1, 0.15) is 117 Å². The van der Waals surface area contributed by atoms with Crippen LogP contribution in [-0.2, 0) is 10.2 Å². The molecule has 0 saturated heterocycles. The number of thiazole rings is 1. The molecular formula is C35H54N4O2S. The van der Waals surface area contributed by atoms with Gasteiger partial charge >= 0.3 is 0 Å². The van der Waals surface area contributed by atoms with Crippen molar-refractivity contribution in [2.24, 2.45) is 16.9 Å². The molecule has 0 N–H and O–H groups in total. The van der Waals surface area contributed by atoms with Crippen LogP contribution in [0.4, 0.5) is 10.8 Å². The van der Waals surface area contributed by atoms with Gasteiger partial charge in [-0.15, -0.1) is 0 Å². The van der Waals surface area contributed by atoms with Crippen LogP contribution < -0.4 is 14.6 Å². The molecule has 1 aromatic carbocycles. The summed E-state index contributed by atoms with van der Waals surface area (Å²) in [6.07, 6.45) is 11.9. The molecule has 3 rings (SSSR count). The van der Waals surface area contributed by atoms with Crippen LogP contribution in [0.15, 0.2) is 34.9 Å². The second kappa shape index (κ2) is 15.7. The van der Waals surface area contributed by atoms with Crippen LogP contribution in [0.5, 0.6) is 5.75 Å². The van der Waals surface area contributed by atoms with E-state index in [-0.39, 0.29) is 11.3 Å². The van der Waals surface area contributed by atoms with Gasteiger partial charge in [0.05, 0.1) is 34.7 Å². The number of nitrogens with zero attached hydrogens (tertiary/aromatic N) is 4. The Labute approximate surface area is 259 Å². The lowest BCUT2D eigenvalue weighted by Gasteiger charge is -2.30. The van der Waals surface area contributed by atoms with E-state index in [1.54, 1.807) is 18.4 Å². The van der Waals surface area contributed by atoms with E-state index in [0.29, 0.717) is 17.4 Å². The zero-order valence-corrected chi connectivity index (χ0v) is 28.4. The van der Waals surface area contributed by atoms with Gasteiger partial charge in [-0.1, -0.05) is 98.3 Å². The van der Waals surface area contributed by atoms with Gasteiger partial charge in [0.1, 0.15) is 5.75 Å². The van der Waals surface area contributed by atoms with Crippen LogP contribution in [0, 0.1) is 11.8 Å². The van der Waals surface area contributed by atoms with Gasteiger partial charge in [-0.25, -0.2) is 4.98 Å². The quantitative estimate of drug-likeness (QED) is 0.182. The van der Waals surface area contributed by atoms with Crippen molar-refractivity contribution in [3.63, 3.8) is 0 Å². The highest BCUT2D eigenvalue weighted by molar-refractivity contribution is 7.16. The molecule has 0 fully saturated rings. The molecular weight excluding hydrogens is 540 g/mol. The lowest BCUT2D eigenvalue weighted by Crippen LogP contribution is -2.34. The molecule has 6 nitrogen and oxygen atoms in total. The third kappa shape index (κ3) is 8.68. The van der Waals surface area contributed by atoms with Crippen LogP contribution in [0.25, 0.3) is 6.08 Å². The normalized spacial score (nSPS) is 16.2. The second-order valence-corrected chi connectivity index (χ2v) is 13.8. The first kappa shape index (κ1) is 33.8. The molecule has 1 aliphatic heterocycles. The smallest absolute Gasteiger partial charge is 0.280 e. The molecule has 0 aliphatic carbocycles. The predicted octanol–water partition coefficient (Wildman–Crippen LogP) is 9.49. The Bertz CT molecular complexity index is 1190. The van der Waals surface area contributed by atoms with Crippen LogP contribution >= 0.6 is 11.3 Å². The van der Waals surface area contributed by atoms with Crippen molar-refractivity contribution < 1.29 is 9.53 Å². The van der Waals surface area contributed by atoms with Gasteiger partial charge in [-0.2, -0.15) is 10.1 Å². The summed E-state index contributed by atoms with van der Waals surface area (Å²) < 4.78 is 5.29. The predicted molar refractivity (Wildman–Crippen MR) is 181 cm³/mol. The SMILES string of the molecule is CCCCC(CC)CN(CC(CC)CCCC)c1nc(C(C)(C)C)c(/C=C2\C(=O)N(c3ccc(OC)cc3)N=C2C)s1. The van der Waals surface area contributed by atoms with Crippen molar-refractivity contribution in [3.8, 4) is 5.75 Å². The fourth-order valence-electron chi connectivity index (χ4n) is 5.49. The number of amides is 1. The Morgan fingerprint density at radius 3 is 2.02 bits per heavy atom. The van der Waals surface area contributed by atoms with Crippen molar-refractivity contribution >= 4 is 39.9 Å². The van der Waals surface area contributed by atoms with E-state index >= 15 is 0 Å². The highest BCUT2D eigenvalue weighted by atomic mass is 32.1. The lowest BCUT2D eigenvalue weighted by atomic mass is 9.91. The summed E-state index contributed by atoms with van der Waals surface area (Å²) in [7, 11) is 1.64. The number of carbonyl (C=O) groups excluding carboxylic acids is 1. The number of unbranched alkanes of at least 4 members (excludes halogenated alkanes) is 2. The molecule has 2 aromatic rings. The van der Waals surface area contributed by atoms with Crippen LogP contribution in [-0.4, -0.2) is 36.8 Å². The molecule has 0 radical (unpaired) electrons. The monoisotopic (exact) mass is 594 g/mol. The number of ether oxygens (including phenoxy) is 1. The van der Waals surface area contributed by atoms with E-state index in [0.717, 1.165) is 45.9 Å². The largest absolute Gasteiger partial charge is 0.497 e. The first-order valence-corrected chi connectivity index (χ1v) is 16.9. The number of aromatic nitrogens is 1. The minimum Gasteiger partial charge on any atom is -0.497 e. The summed E-state index contributed by atoms with van der Waals surface area (Å²) >= 11 is 1.74. The van der Waals surface area contributed by atoms with E-state index < -0.39 is 0 Å².